The summed E-state index contributed by atoms with van der Waals surface area (Å²) in [6, 6.07) is 9.02. The van der Waals surface area contributed by atoms with Gasteiger partial charge in [-0.15, -0.1) is 0 Å². The molecule has 0 aliphatic rings. The van der Waals surface area contributed by atoms with Gasteiger partial charge in [-0.3, -0.25) is 4.79 Å². The molecule has 2 rings (SSSR count). The topological polar surface area (TPSA) is 81.3 Å². The van der Waals surface area contributed by atoms with E-state index in [1.807, 2.05) is 31.2 Å². The molecular weight excluding hydrogens is 292 g/mol. The Balaban J connectivity index is 2.27. The van der Waals surface area contributed by atoms with E-state index in [1.54, 1.807) is 20.2 Å². The number of ether oxygens (including phenoxy) is 1. The SMILES string of the molecule is C=C(C)COc1ccc(-c2cc(C(=O)N(C)C)nc(N)n2)cc1. The lowest BCUT2D eigenvalue weighted by Gasteiger charge is -2.11. The summed E-state index contributed by atoms with van der Waals surface area (Å²) in [4.78, 5) is 21.7. The van der Waals surface area contributed by atoms with Crippen molar-refractivity contribution in [2.75, 3.05) is 26.4 Å². The summed E-state index contributed by atoms with van der Waals surface area (Å²) in [6.07, 6.45) is 0. The summed E-state index contributed by atoms with van der Waals surface area (Å²) in [5.74, 6) is 0.584. The molecule has 0 unspecified atom stereocenters. The molecule has 0 atom stereocenters. The standard InChI is InChI=1S/C17H20N4O2/c1-11(2)10-23-13-7-5-12(6-8-13)14-9-15(16(22)21(3)4)20-17(18)19-14/h5-9H,1,10H2,2-4H3,(H2,18,19,20). The number of carbonyl (C=O) groups excluding carboxylic acids is 1. The summed E-state index contributed by atoms with van der Waals surface area (Å²) in [5, 5.41) is 0. The van der Waals surface area contributed by atoms with Crippen LogP contribution in [0.1, 0.15) is 17.4 Å². The van der Waals surface area contributed by atoms with Gasteiger partial charge in [0, 0.05) is 19.7 Å². The van der Waals surface area contributed by atoms with E-state index in [0.29, 0.717) is 12.3 Å². The first-order valence-electron chi connectivity index (χ1n) is 7.10. The number of hydrogen-bond acceptors (Lipinski definition) is 5. The average Bonchev–Trinajstić information content (AvgIpc) is 2.52. The first-order valence-corrected chi connectivity index (χ1v) is 7.10. The molecule has 0 spiro atoms. The van der Waals surface area contributed by atoms with Crippen molar-refractivity contribution in [1.29, 1.82) is 0 Å². The van der Waals surface area contributed by atoms with Crippen molar-refractivity contribution in [3.05, 3.63) is 48.2 Å². The Bertz CT molecular complexity index is 724. The van der Waals surface area contributed by atoms with Gasteiger partial charge in [-0.25, -0.2) is 9.97 Å². The molecule has 6 heteroatoms. The maximum atomic E-state index is 12.0. The minimum Gasteiger partial charge on any atom is -0.489 e. The average molecular weight is 312 g/mol. The zero-order valence-corrected chi connectivity index (χ0v) is 13.5. The van der Waals surface area contributed by atoms with Crippen molar-refractivity contribution in [1.82, 2.24) is 14.9 Å². The van der Waals surface area contributed by atoms with E-state index in [1.165, 1.54) is 4.90 Å². The van der Waals surface area contributed by atoms with Crippen LogP contribution in [0.2, 0.25) is 0 Å². The van der Waals surface area contributed by atoms with Crippen LogP contribution in [0, 0.1) is 0 Å². The molecule has 0 saturated heterocycles. The number of anilines is 1. The predicted octanol–water partition coefficient (Wildman–Crippen LogP) is 2.38. The monoisotopic (exact) mass is 312 g/mol. The highest BCUT2D eigenvalue weighted by atomic mass is 16.5. The normalized spacial score (nSPS) is 10.2. The van der Waals surface area contributed by atoms with E-state index in [0.717, 1.165) is 16.9 Å². The van der Waals surface area contributed by atoms with Gasteiger partial charge in [-0.2, -0.15) is 0 Å². The van der Waals surface area contributed by atoms with Crippen LogP contribution < -0.4 is 10.5 Å². The zero-order valence-electron chi connectivity index (χ0n) is 13.5. The summed E-state index contributed by atoms with van der Waals surface area (Å²) in [5.41, 5.74) is 8.35. The third-order valence-electron chi connectivity index (χ3n) is 3.00. The second-order valence-electron chi connectivity index (χ2n) is 5.47. The van der Waals surface area contributed by atoms with E-state index < -0.39 is 0 Å². The molecule has 2 aromatic rings. The Morgan fingerprint density at radius 2 is 1.91 bits per heavy atom. The number of benzene rings is 1. The van der Waals surface area contributed by atoms with Gasteiger partial charge in [0.05, 0.1) is 5.69 Å². The minimum atomic E-state index is -0.221. The van der Waals surface area contributed by atoms with Crippen molar-refractivity contribution in [2.24, 2.45) is 0 Å². The molecule has 1 heterocycles. The molecule has 0 radical (unpaired) electrons. The minimum absolute atomic E-state index is 0.0651. The lowest BCUT2D eigenvalue weighted by atomic mass is 10.1. The Labute approximate surface area is 135 Å². The van der Waals surface area contributed by atoms with Crippen molar-refractivity contribution in [3.8, 4) is 17.0 Å². The van der Waals surface area contributed by atoms with Crippen LogP contribution in [-0.4, -0.2) is 41.5 Å². The molecule has 1 aromatic carbocycles. The maximum Gasteiger partial charge on any atom is 0.272 e. The van der Waals surface area contributed by atoms with Gasteiger partial charge in [-0.05, 0) is 42.8 Å². The summed E-state index contributed by atoms with van der Waals surface area (Å²) >= 11 is 0. The lowest BCUT2D eigenvalue weighted by Crippen LogP contribution is -2.23. The van der Waals surface area contributed by atoms with Crippen LogP contribution in [0.25, 0.3) is 11.3 Å². The van der Waals surface area contributed by atoms with E-state index >= 15 is 0 Å². The molecule has 2 N–H and O–H groups in total. The predicted molar refractivity (Wildman–Crippen MR) is 90.2 cm³/mol. The summed E-state index contributed by atoms with van der Waals surface area (Å²) in [7, 11) is 3.32. The van der Waals surface area contributed by atoms with Crippen LogP contribution in [0.5, 0.6) is 5.75 Å². The van der Waals surface area contributed by atoms with Gasteiger partial charge in [0.15, 0.2) is 0 Å². The van der Waals surface area contributed by atoms with Gasteiger partial charge in [0.2, 0.25) is 5.95 Å². The van der Waals surface area contributed by atoms with Crippen molar-refractivity contribution in [2.45, 2.75) is 6.92 Å². The van der Waals surface area contributed by atoms with Crippen LogP contribution in [-0.2, 0) is 0 Å². The fourth-order valence-electron chi connectivity index (χ4n) is 1.88. The van der Waals surface area contributed by atoms with Gasteiger partial charge in [0.1, 0.15) is 18.1 Å². The molecule has 0 aliphatic heterocycles. The first-order chi connectivity index (χ1) is 10.9. The molecule has 1 aromatic heterocycles. The lowest BCUT2D eigenvalue weighted by molar-refractivity contribution is 0.0822. The van der Waals surface area contributed by atoms with Gasteiger partial charge in [0.25, 0.3) is 5.91 Å². The Kier molecular flexibility index (Phi) is 4.95. The number of nitrogens with two attached hydrogens (primary N) is 1. The highest BCUT2D eigenvalue weighted by Gasteiger charge is 2.13. The largest absolute Gasteiger partial charge is 0.489 e. The van der Waals surface area contributed by atoms with Crippen LogP contribution in [0.15, 0.2) is 42.5 Å². The summed E-state index contributed by atoms with van der Waals surface area (Å²) in [6.45, 7) is 6.17. The van der Waals surface area contributed by atoms with E-state index in [2.05, 4.69) is 16.5 Å². The van der Waals surface area contributed by atoms with E-state index in [9.17, 15) is 4.79 Å². The van der Waals surface area contributed by atoms with Crippen molar-refractivity contribution in [3.63, 3.8) is 0 Å². The van der Waals surface area contributed by atoms with E-state index in [4.69, 9.17) is 10.5 Å². The highest BCUT2D eigenvalue weighted by Crippen LogP contribution is 2.22. The number of carbonyl (C=O) groups is 1. The van der Waals surface area contributed by atoms with Gasteiger partial charge < -0.3 is 15.4 Å². The number of aromatic nitrogens is 2. The quantitative estimate of drug-likeness (QED) is 0.857. The number of amides is 1. The molecule has 1 amide bonds. The van der Waals surface area contributed by atoms with Crippen LogP contribution >= 0.6 is 0 Å². The molecule has 120 valence electrons. The molecule has 0 saturated carbocycles. The maximum absolute atomic E-state index is 12.0. The van der Waals surface area contributed by atoms with E-state index in [-0.39, 0.29) is 17.5 Å². The molecule has 0 aliphatic carbocycles. The Morgan fingerprint density at radius 3 is 2.48 bits per heavy atom. The van der Waals surface area contributed by atoms with Gasteiger partial charge >= 0.3 is 0 Å². The van der Waals surface area contributed by atoms with Crippen LogP contribution in [0.3, 0.4) is 0 Å². The Morgan fingerprint density at radius 1 is 1.26 bits per heavy atom. The zero-order chi connectivity index (χ0) is 17.0. The second kappa shape index (κ2) is 6.91. The molecule has 0 bridgehead atoms. The number of hydrogen-bond donors (Lipinski definition) is 1. The third-order valence-corrected chi connectivity index (χ3v) is 3.00. The molecule has 0 fully saturated rings. The second-order valence-corrected chi connectivity index (χ2v) is 5.47. The first kappa shape index (κ1) is 16.5. The van der Waals surface area contributed by atoms with Crippen LogP contribution in [0.4, 0.5) is 5.95 Å². The van der Waals surface area contributed by atoms with Crippen molar-refractivity contribution < 1.29 is 9.53 Å². The van der Waals surface area contributed by atoms with Crippen molar-refractivity contribution >= 4 is 11.9 Å². The molecule has 23 heavy (non-hydrogen) atoms. The molecular formula is C17H20N4O2. The Hall–Kier alpha value is -2.89. The third kappa shape index (κ3) is 4.29. The number of nitrogens with zero attached hydrogens (tertiary/aromatic N) is 3. The molecule has 6 nitrogen and oxygen atoms in total. The fourth-order valence-corrected chi connectivity index (χ4v) is 1.88. The highest BCUT2D eigenvalue weighted by molar-refractivity contribution is 5.93. The fraction of sp³-hybridized carbons (Fsp3) is 0.235. The number of rotatable bonds is 5. The number of nitrogen functional groups attached to an aromatic ring is 1. The smallest absolute Gasteiger partial charge is 0.272 e. The van der Waals surface area contributed by atoms with Gasteiger partial charge in [-0.1, -0.05) is 6.58 Å². The summed E-state index contributed by atoms with van der Waals surface area (Å²) < 4.78 is 5.56.